The van der Waals surface area contributed by atoms with Crippen molar-refractivity contribution in [3.63, 3.8) is 0 Å². The average molecular weight is 357 g/mol. The molecule has 26 heavy (non-hydrogen) atoms. The van der Waals surface area contributed by atoms with E-state index in [0.29, 0.717) is 0 Å². The highest BCUT2D eigenvalue weighted by atomic mass is 16.5. The summed E-state index contributed by atoms with van der Waals surface area (Å²) < 4.78 is 5.16. The molecule has 4 rings (SSSR count). The van der Waals surface area contributed by atoms with Gasteiger partial charge in [-0.05, 0) is 69.2 Å². The summed E-state index contributed by atoms with van der Waals surface area (Å²) in [5, 5.41) is 6.24. The number of urea groups is 1. The van der Waals surface area contributed by atoms with Gasteiger partial charge in [0.1, 0.15) is 5.75 Å². The van der Waals surface area contributed by atoms with Crippen LogP contribution in [0.4, 0.5) is 10.5 Å². The van der Waals surface area contributed by atoms with E-state index in [1.54, 1.807) is 7.11 Å². The Bertz CT molecular complexity index is 657. The lowest BCUT2D eigenvalue weighted by molar-refractivity contribution is -0.123. The van der Waals surface area contributed by atoms with E-state index in [1.165, 1.54) is 0 Å². The number of methoxy groups -OCH3 is 1. The normalized spacial score (nSPS) is 27.6. The zero-order chi connectivity index (χ0) is 18.1. The number of nitrogens with one attached hydrogen (secondary N) is 2. The van der Waals surface area contributed by atoms with Crippen LogP contribution in [0, 0.1) is 5.92 Å². The number of carbonyl (C=O) groups is 2. The topological polar surface area (TPSA) is 70.7 Å². The van der Waals surface area contributed by atoms with Crippen LogP contribution in [0.3, 0.4) is 0 Å². The molecule has 2 bridgehead atoms. The standard InChI is InChI=1S/C20H27N3O3/c1-26-18-9-7-14(8-10-18)22-20(25)23-16-3-2-4-17(23)12-15(11-16)21-19(24)13-5-6-13/h7-10,13,15-17H,2-6,11-12H2,1H3,(H,21,24)(H,22,25)/t16-,17-/m1/s1. The fourth-order valence-corrected chi connectivity index (χ4v) is 4.36. The molecule has 6 nitrogen and oxygen atoms in total. The lowest BCUT2D eigenvalue weighted by atomic mass is 9.82. The Kier molecular flexibility index (Phi) is 4.74. The largest absolute Gasteiger partial charge is 0.497 e. The fraction of sp³-hybridized carbons (Fsp3) is 0.600. The third-order valence-corrected chi connectivity index (χ3v) is 5.84. The van der Waals surface area contributed by atoms with Gasteiger partial charge in [-0.15, -0.1) is 0 Å². The molecule has 140 valence electrons. The molecule has 0 unspecified atom stereocenters. The van der Waals surface area contributed by atoms with Crippen molar-refractivity contribution in [2.24, 2.45) is 5.92 Å². The summed E-state index contributed by atoms with van der Waals surface area (Å²) in [5.74, 6) is 1.22. The molecule has 1 aromatic rings. The summed E-state index contributed by atoms with van der Waals surface area (Å²) in [6, 6.07) is 8.01. The zero-order valence-corrected chi connectivity index (χ0v) is 15.2. The third kappa shape index (κ3) is 3.64. The van der Waals surface area contributed by atoms with Crippen LogP contribution >= 0.6 is 0 Å². The van der Waals surface area contributed by atoms with E-state index in [9.17, 15) is 9.59 Å². The quantitative estimate of drug-likeness (QED) is 0.870. The Morgan fingerprint density at radius 2 is 1.69 bits per heavy atom. The molecule has 1 saturated carbocycles. The minimum absolute atomic E-state index is 0.0307. The molecule has 2 atom stereocenters. The van der Waals surface area contributed by atoms with Gasteiger partial charge in [0.15, 0.2) is 0 Å². The first kappa shape index (κ1) is 17.2. The number of hydrogen-bond acceptors (Lipinski definition) is 3. The first-order valence-corrected chi connectivity index (χ1v) is 9.68. The Morgan fingerprint density at radius 3 is 2.27 bits per heavy atom. The molecule has 2 heterocycles. The molecule has 2 saturated heterocycles. The second-order valence-electron chi connectivity index (χ2n) is 7.76. The predicted octanol–water partition coefficient (Wildman–Crippen LogP) is 3.14. The Morgan fingerprint density at radius 1 is 1.04 bits per heavy atom. The maximum atomic E-state index is 12.9. The minimum atomic E-state index is -0.0307. The predicted molar refractivity (Wildman–Crippen MR) is 99.2 cm³/mol. The van der Waals surface area contributed by atoms with Gasteiger partial charge < -0.3 is 20.3 Å². The van der Waals surface area contributed by atoms with Crippen molar-refractivity contribution in [2.75, 3.05) is 12.4 Å². The second-order valence-corrected chi connectivity index (χ2v) is 7.76. The molecule has 3 fully saturated rings. The van der Waals surface area contributed by atoms with Crippen LogP contribution < -0.4 is 15.4 Å². The fourth-order valence-electron chi connectivity index (χ4n) is 4.36. The number of ether oxygens (including phenoxy) is 1. The summed E-state index contributed by atoms with van der Waals surface area (Å²) in [4.78, 5) is 27.0. The van der Waals surface area contributed by atoms with E-state index in [0.717, 1.165) is 56.4 Å². The Hall–Kier alpha value is -2.24. The minimum Gasteiger partial charge on any atom is -0.497 e. The number of benzene rings is 1. The molecule has 1 aliphatic carbocycles. The number of amides is 3. The van der Waals surface area contributed by atoms with Crippen molar-refractivity contribution in [1.29, 1.82) is 0 Å². The highest BCUT2D eigenvalue weighted by Crippen LogP contribution is 2.36. The smallest absolute Gasteiger partial charge is 0.322 e. The summed E-state index contributed by atoms with van der Waals surface area (Å²) in [5.41, 5.74) is 0.776. The zero-order valence-electron chi connectivity index (χ0n) is 15.2. The summed E-state index contributed by atoms with van der Waals surface area (Å²) in [6.07, 6.45) is 6.98. The highest BCUT2D eigenvalue weighted by molar-refractivity contribution is 5.90. The van der Waals surface area contributed by atoms with Crippen molar-refractivity contribution in [2.45, 2.75) is 63.1 Å². The van der Waals surface area contributed by atoms with Crippen LogP contribution in [0.2, 0.25) is 0 Å². The molecular weight excluding hydrogens is 330 g/mol. The van der Waals surface area contributed by atoms with Crippen molar-refractivity contribution in [1.82, 2.24) is 10.2 Å². The number of rotatable bonds is 4. The van der Waals surface area contributed by atoms with Gasteiger partial charge in [0.25, 0.3) is 0 Å². The van der Waals surface area contributed by atoms with E-state index in [4.69, 9.17) is 4.74 Å². The number of carbonyl (C=O) groups excluding carboxylic acids is 2. The number of nitrogens with zero attached hydrogens (tertiary/aromatic N) is 1. The van der Waals surface area contributed by atoms with Gasteiger partial charge in [0, 0.05) is 29.7 Å². The van der Waals surface area contributed by atoms with Crippen LogP contribution in [-0.4, -0.2) is 42.1 Å². The van der Waals surface area contributed by atoms with Gasteiger partial charge in [0.05, 0.1) is 7.11 Å². The van der Waals surface area contributed by atoms with Crippen molar-refractivity contribution >= 4 is 17.6 Å². The van der Waals surface area contributed by atoms with Gasteiger partial charge in [-0.25, -0.2) is 4.79 Å². The van der Waals surface area contributed by atoms with Crippen LogP contribution in [0.15, 0.2) is 24.3 Å². The molecule has 0 radical (unpaired) electrons. The molecule has 3 amide bonds. The number of hydrogen-bond donors (Lipinski definition) is 2. The van der Waals surface area contributed by atoms with Crippen LogP contribution in [0.5, 0.6) is 5.75 Å². The molecule has 0 aromatic heterocycles. The van der Waals surface area contributed by atoms with Crippen LogP contribution in [0.1, 0.15) is 44.9 Å². The molecule has 2 aliphatic heterocycles. The van der Waals surface area contributed by atoms with E-state index in [-0.39, 0.29) is 36.0 Å². The molecule has 3 aliphatic rings. The van der Waals surface area contributed by atoms with Gasteiger partial charge >= 0.3 is 6.03 Å². The average Bonchev–Trinajstić information content (AvgIpc) is 3.46. The molecule has 6 heteroatoms. The number of fused-ring (bicyclic) bond motifs is 2. The summed E-state index contributed by atoms with van der Waals surface area (Å²) in [6.45, 7) is 0. The van der Waals surface area contributed by atoms with Crippen molar-refractivity contribution in [3.8, 4) is 5.75 Å². The first-order valence-electron chi connectivity index (χ1n) is 9.68. The third-order valence-electron chi connectivity index (χ3n) is 5.84. The van der Waals surface area contributed by atoms with Gasteiger partial charge in [0.2, 0.25) is 5.91 Å². The lowest BCUT2D eigenvalue weighted by Gasteiger charge is -2.48. The number of anilines is 1. The van der Waals surface area contributed by atoms with Crippen molar-refractivity contribution in [3.05, 3.63) is 24.3 Å². The van der Waals surface area contributed by atoms with Gasteiger partial charge in [-0.2, -0.15) is 0 Å². The SMILES string of the molecule is COc1ccc(NC(=O)N2[C@@H]3CCC[C@@H]2CC(NC(=O)C2CC2)C3)cc1. The van der Waals surface area contributed by atoms with Crippen LogP contribution in [-0.2, 0) is 4.79 Å². The monoisotopic (exact) mass is 357 g/mol. The number of piperidine rings is 2. The van der Waals surface area contributed by atoms with E-state index in [2.05, 4.69) is 10.6 Å². The van der Waals surface area contributed by atoms with Crippen LogP contribution in [0.25, 0.3) is 0 Å². The van der Waals surface area contributed by atoms with Gasteiger partial charge in [-0.1, -0.05) is 0 Å². The van der Waals surface area contributed by atoms with E-state index >= 15 is 0 Å². The Labute approximate surface area is 154 Å². The van der Waals surface area contributed by atoms with Gasteiger partial charge in [-0.3, -0.25) is 4.79 Å². The maximum absolute atomic E-state index is 12.9. The first-order chi connectivity index (χ1) is 12.6. The summed E-state index contributed by atoms with van der Waals surface area (Å²) >= 11 is 0. The molecule has 2 N–H and O–H groups in total. The second kappa shape index (κ2) is 7.17. The molecule has 0 spiro atoms. The van der Waals surface area contributed by atoms with E-state index in [1.807, 2.05) is 29.2 Å². The lowest BCUT2D eigenvalue weighted by Crippen LogP contribution is -2.59. The molecular formula is C20H27N3O3. The van der Waals surface area contributed by atoms with Crippen molar-refractivity contribution < 1.29 is 14.3 Å². The highest BCUT2D eigenvalue weighted by Gasteiger charge is 2.42. The summed E-state index contributed by atoms with van der Waals surface area (Å²) in [7, 11) is 1.63. The Balaban J connectivity index is 1.39. The maximum Gasteiger partial charge on any atom is 0.322 e. The molecule has 1 aromatic carbocycles. The van der Waals surface area contributed by atoms with E-state index < -0.39 is 0 Å².